The highest BCUT2D eigenvalue weighted by Crippen LogP contribution is 2.31. The highest BCUT2D eigenvalue weighted by molar-refractivity contribution is 5.92. The van der Waals surface area contributed by atoms with E-state index in [2.05, 4.69) is 0 Å². The SMILES string of the molecule is CC1(C(=O)O)CCN(C(=O)/C=C/c2ccc(N)cc2)CC1. The molecule has 1 aliphatic rings. The molecule has 0 aromatic heterocycles. The van der Waals surface area contributed by atoms with Crippen LogP contribution in [0.15, 0.2) is 30.3 Å². The minimum atomic E-state index is -0.785. The summed E-state index contributed by atoms with van der Waals surface area (Å²) >= 11 is 0. The van der Waals surface area contributed by atoms with Crippen molar-refractivity contribution in [2.45, 2.75) is 19.8 Å². The van der Waals surface area contributed by atoms with Crippen molar-refractivity contribution in [3.8, 4) is 0 Å². The van der Waals surface area contributed by atoms with Crippen LogP contribution in [0.5, 0.6) is 0 Å². The van der Waals surface area contributed by atoms with Gasteiger partial charge in [0.2, 0.25) is 5.91 Å². The number of anilines is 1. The highest BCUT2D eigenvalue weighted by Gasteiger charge is 2.37. The van der Waals surface area contributed by atoms with Crippen LogP contribution in [-0.4, -0.2) is 35.0 Å². The molecule has 0 aliphatic carbocycles. The molecule has 0 unspecified atom stereocenters. The maximum absolute atomic E-state index is 12.1. The lowest BCUT2D eigenvalue weighted by molar-refractivity contribution is -0.152. The zero-order valence-electron chi connectivity index (χ0n) is 12.1. The molecule has 5 nitrogen and oxygen atoms in total. The molecule has 112 valence electrons. The van der Waals surface area contributed by atoms with E-state index in [1.54, 1.807) is 30.0 Å². The number of nitrogen functional groups attached to an aromatic ring is 1. The zero-order valence-corrected chi connectivity index (χ0v) is 12.1. The Hall–Kier alpha value is -2.30. The van der Waals surface area contributed by atoms with E-state index in [1.807, 2.05) is 12.1 Å². The minimum Gasteiger partial charge on any atom is -0.481 e. The number of carbonyl (C=O) groups is 2. The smallest absolute Gasteiger partial charge is 0.309 e. The van der Waals surface area contributed by atoms with E-state index < -0.39 is 11.4 Å². The second-order valence-corrected chi connectivity index (χ2v) is 5.69. The van der Waals surface area contributed by atoms with E-state index in [9.17, 15) is 9.59 Å². The summed E-state index contributed by atoms with van der Waals surface area (Å²) in [4.78, 5) is 24.9. The Balaban J connectivity index is 1.93. The molecule has 0 radical (unpaired) electrons. The van der Waals surface area contributed by atoms with Crippen molar-refractivity contribution in [2.75, 3.05) is 18.8 Å². The fourth-order valence-electron chi connectivity index (χ4n) is 2.31. The molecule has 1 aliphatic heterocycles. The van der Waals surface area contributed by atoms with E-state index in [1.165, 1.54) is 6.08 Å². The van der Waals surface area contributed by atoms with E-state index in [4.69, 9.17) is 10.8 Å². The van der Waals surface area contributed by atoms with Crippen LogP contribution in [0, 0.1) is 5.41 Å². The summed E-state index contributed by atoms with van der Waals surface area (Å²) in [6.07, 6.45) is 4.25. The molecule has 1 amide bonds. The second-order valence-electron chi connectivity index (χ2n) is 5.69. The molecule has 3 N–H and O–H groups in total. The molecule has 1 aromatic rings. The first-order valence-corrected chi connectivity index (χ1v) is 6.97. The van der Waals surface area contributed by atoms with Gasteiger partial charge < -0.3 is 15.7 Å². The fraction of sp³-hybridized carbons (Fsp3) is 0.375. The van der Waals surface area contributed by atoms with Crippen LogP contribution in [0.3, 0.4) is 0 Å². The van der Waals surface area contributed by atoms with E-state index >= 15 is 0 Å². The average Bonchev–Trinajstić information content (AvgIpc) is 2.47. The van der Waals surface area contributed by atoms with Crippen LogP contribution < -0.4 is 5.73 Å². The molecule has 0 atom stereocenters. The molecule has 2 rings (SSSR count). The van der Waals surface area contributed by atoms with Gasteiger partial charge in [-0.3, -0.25) is 9.59 Å². The van der Waals surface area contributed by atoms with Gasteiger partial charge >= 0.3 is 5.97 Å². The van der Waals surface area contributed by atoms with Crippen LogP contribution in [0.25, 0.3) is 6.08 Å². The Labute approximate surface area is 124 Å². The molecule has 1 saturated heterocycles. The summed E-state index contributed by atoms with van der Waals surface area (Å²) in [7, 11) is 0. The van der Waals surface area contributed by atoms with Gasteiger partial charge in [-0.1, -0.05) is 12.1 Å². The molecule has 1 heterocycles. The van der Waals surface area contributed by atoms with Gasteiger partial charge in [-0.2, -0.15) is 0 Å². The van der Waals surface area contributed by atoms with Crippen molar-refractivity contribution in [1.29, 1.82) is 0 Å². The van der Waals surface area contributed by atoms with Crippen LogP contribution in [-0.2, 0) is 9.59 Å². The summed E-state index contributed by atoms with van der Waals surface area (Å²) in [5, 5.41) is 9.17. The van der Waals surface area contributed by atoms with Gasteiger partial charge in [0.1, 0.15) is 0 Å². The first kappa shape index (κ1) is 15.1. The lowest BCUT2D eigenvalue weighted by Crippen LogP contribution is -2.44. The number of carboxylic acids is 1. The fourth-order valence-corrected chi connectivity index (χ4v) is 2.31. The summed E-state index contributed by atoms with van der Waals surface area (Å²) in [6.45, 7) is 2.70. The number of aliphatic carboxylic acids is 1. The third-order valence-electron chi connectivity index (χ3n) is 4.05. The molecule has 0 saturated carbocycles. The van der Waals surface area contributed by atoms with Crippen LogP contribution in [0.4, 0.5) is 5.69 Å². The van der Waals surface area contributed by atoms with Gasteiger partial charge in [-0.25, -0.2) is 0 Å². The minimum absolute atomic E-state index is 0.0840. The van der Waals surface area contributed by atoms with Crippen molar-refractivity contribution in [1.82, 2.24) is 4.90 Å². The van der Waals surface area contributed by atoms with Gasteiger partial charge in [0.05, 0.1) is 5.41 Å². The number of carbonyl (C=O) groups excluding carboxylic acids is 1. The number of nitrogens with zero attached hydrogens (tertiary/aromatic N) is 1. The first-order chi connectivity index (χ1) is 9.90. The number of carboxylic acid groups (broad SMARTS) is 1. The van der Waals surface area contributed by atoms with E-state index in [-0.39, 0.29) is 5.91 Å². The van der Waals surface area contributed by atoms with Crippen molar-refractivity contribution >= 4 is 23.6 Å². The third kappa shape index (κ3) is 3.62. The Kier molecular flexibility index (Phi) is 4.31. The third-order valence-corrected chi connectivity index (χ3v) is 4.05. The number of piperidine rings is 1. The van der Waals surface area contributed by atoms with Crippen molar-refractivity contribution in [3.63, 3.8) is 0 Å². The number of nitrogens with two attached hydrogens (primary N) is 1. The molecule has 0 spiro atoms. The van der Waals surface area contributed by atoms with Gasteiger partial charge in [-0.05, 0) is 43.5 Å². The molecule has 1 fully saturated rings. The number of benzene rings is 1. The van der Waals surface area contributed by atoms with Crippen LogP contribution >= 0.6 is 0 Å². The van der Waals surface area contributed by atoms with Crippen molar-refractivity contribution in [3.05, 3.63) is 35.9 Å². The Morgan fingerprint density at radius 1 is 1.24 bits per heavy atom. The normalized spacial score (nSPS) is 17.9. The number of rotatable bonds is 3. The standard InChI is InChI=1S/C16H20N2O3/c1-16(15(20)21)8-10-18(11-9-16)14(19)7-4-12-2-5-13(17)6-3-12/h2-7H,8-11,17H2,1H3,(H,20,21)/b7-4+. The second kappa shape index (κ2) is 5.99. The summed E-state index contributed by atoms with van der Waals surface area (Å²) in [5.41, 5.74) is 6.48. The number of hydrogen-bond acceptors (Lipinski definition) is 3. The molecular formula is C16H20N2O3. The van der Waals surface area contributed by atoms with Gasteiger partial charge in [-0.15, -0.1) is 0 Å². The maximum atomic E-state index is 12.1. The number of amides is 1. The summed E-state index contributed by atoms with van der Waals surface area (Å²) < 4.78 is 0. The predicted molar refractivity (Wildman–Crippen MR) is 81.4 cm³/mol. The highest BCUT2D eigenvalue weighted by atomic mass is 16.4. The molecule has 21 heavy (non-hydrogen) atoms. The predicted octanol–water partition coefficient (Wildman–Crippen LogP) is 2.00. The largest absolute Gasteiger partial charge is 0.481 e. The van der Waals surface area contributed by atoms with Crippen LogP contribution in [0.1, 0.15) is 25.3 Å². The molecule has 5 heteroatoms. The average molecular weight is 288 g/mol. The van der Waals surface area contributed by atoms with E-state index in [0.29, 0.717) is 31.6 Å². The number of likely N-dealkylation sites (tertiary alicyclic amines) is 1. The Morgan fingerprint density at radius 3 is 2.33 bits per heavy atom. The quantitative estimate of drug-likeness (QED) is 0.658. The topological polar surface area (TPSA) is 83.6 Å². The van der Waals surface area contributed by atoms with Gasteiger partial charge in [0.25, 0.3) is 0 Å². The molecule has 1 aromatic carbocycles. The Bertz CT molecular complexity index is 555. The molecule has 0 bridgehead atoms. The summed E-state index contributed by atoms with van der Waals surface area (Å²) in [6, 6.07) is 7.25. The Morgan fingerprint density at radius 2 is 1.81 bits per heavy atom. The maximum Gasteiger partial charge on any atom is 0.309 e. The van der Waals surface area contributed by atoms with Crippen molar-refractivity contribution in [2.24, 2.45) is 5.41 Å². The first-order valence-electron chi connectivity index (χ1n) is 6.97. The molecular weight excluding hydrogens is 268 g/mol. The van der Waals surface area contributed by atoms with Gasteiger partial charge in [0.15, 0.2) is 0 Å². The van der Waals surface area contributed by atoms with Crippen molar-refractivity contribution < 1.29 is 14.7 Å². The lowest BCUT2D eigenvalue weighted by Gasteiger charge is -2.35. The van der Waals surface area contributed by atoms with Crippen LogP contribution in [0.2, 0.25) is 0 Å². The lowest BCUT2D eigenvalue weighted by atomic mass is 9.80. The van der Waals surface area contributed by atoms with Gasteiger partial charge in [0, 0.05) is 24.9 Å². The monoisotopic (exact) mass is 288 g/mol. The number of hydrogen-bond donors (Lipinski definition) is 2. The summed E-state index contributed by atoms with van der Waals surface area (Å²) in [5.74, 6) is -0.869. The van der Waals surface area contributed by atoms with E-state index in [0.717, 1.165) is 5.56 Å². The zero-order chi connectivity index (χ0) is 15.5.